The van der Waals surface area contributed by atoms with Gasteiger partial charge in [0.25, 0.3) is 5.91 Å². The number of rotatable bonds is 4. The van der Waals surface area contributed by atoms with Crippen molar-refractivity contribution in [3.05, 3.63) is 53.2 Å². The first kappa shape index (κ1) is 19.2. The number of aryl methyl sites for hydroxylation is 1. The van der Waals surface area contributed by atoms with E-state index in [2.05, 4.69) is 25.8 Å². The summed E-state index contributed by atoms with van der Waals surface area (Å²) in [7, 11) is 1.85. The first-order valence-corrected chi connectivity index (χ1v) is 10.0. The van der Waals surface area contributed by atoms with Gasteiger partial charge in [-0.25, -0.2) is 9.67 Å². The van der Waals surface area contributed by atoms with Crippen LogP contribution >= 0.6 is 11.6 Å². The molecule has 0 bridgehead atoms. The normalized spacial score (nSPS) is 13.8. The molecule has 31 heavy (non-hydrogen) atoms. The summed E-state index contributed by atoms with van der Waals surface area (Å²) >= 11 is 6.52. The number of carbonyl (C=O) groups is 1. The molecule has 1 atom stereocenters. The van der Waals surface area contributed by atoms with Crippen molar-refractivity contribution >= 4 is 40.9 Å². The Balaban J connectivity index is 1.56. The minimum absolute atomic E-state index is 0.161. The van der Waals surface area contributed by atoms with Crippen molar-refractivity contribution in [2.75, 3.05) is 17.6 Å². The number of halogens is 1. The van der Waals surface area contributed by atoms with Gasteiger partial charge in [-0.05, 0) is 19.1 Å². The monoisotopic (exact) mass is 437 g/mol. The lowest BCUT2D eigenvalue weighted by molar-refractivity contribution is 0.0941. The highest BCUT2D eigenvalue weighted by Gasteiger charge is 2.26. The lowest BCUT2D eigenvalue weighted by Gasteiger charge is -2.20. The Bertz CT molecular complexity index is 1350. The maximum Gasteiger partial charge on any atom is 0.259 e. The lowest BCUT2D eigenvalue weighted by atomic mass is 10.0. The van der Waals surface area contributed by atoms with Gasteiger partial charge in [0.05, 0.1) is 41.0 Å². The number of aromatic nitrogens is 6. The predicted molar refractivity (Wildman–Crippen MR) is 119 cm³/mol. The van der Waals surface area contributed by atoms with Crippen LogP contribution in [0.25, 0.3) is 23.0 Å². The average molecular weight is 438 g/mol. The van der Waals surface area contributed by atoms with Gasteiger partial charge < -0.3 is 16.4 Å². The Hall–Kier alpha value is -3.79. The minimum Gasteiger partial charge on any atom is -0.381 e. The Morgan fingerprint density at radius 2 is 2.23 bits per heavy atom. The maximum atomic E-state index is 13.2. The molecule has 0 saturated heterocycles. The highest BCUT2D eigenvalue weighted by molar-refractivity contribution is 6.34. The molecule has 11 heteroatoms. The van der Waals surface area contributed by atoms with Crippen molar-refractivity contribution in [2.45, 2.75) is 13.0 Å². The molecule has 1 unspecified atom stereocenters. The number of hydrogen-bond donors (Lipinski definition) is 3. The van der Waals surface area contributed by atoms with Gasteiger partial charge in [-0.1, -0.05) is 11.6 Å². The topological polar surface area (TPSA) is 120 Å². The number of hydrogen-bond acceptors (Lipinski definition) is 6. The molecule has 5 heterocycles. The van der Waals surface area contributed by atoms with E-state index < -0.39 is 0 Å². The zero-order valence-corrected chi connectivity index (χ0v) is 17.6. The maximum absolute atomic E-state index is 13.2. The van der Waals surface area contributed by atoms with Crippen LogP contribution in [-0.2, 0) is 7.05 Å². The Morgan fingerprint density at radius 1 is 1.39 bits per heavy atom. The van der Waals surface area contributed by atoms with Crippen molar-refractivity contribution in [1.82, 2.24) is 34.3 Å². The van der Waals surface area contributed by atoms with Crippen molar-refractivity contribution in [3.8, 4) is 11.3 Å². The Morgan fingerprint density at radius 3 is 3.00 bits per heavy atom. The zero-order chi connectivity index (χ0) is 21.7. The molecule has 1 aliphatic heterocycles. The fourth-order valence-electron chi connectivity index (χ4n) is 3.85. The second kappa shape index (κ2) is 7.17. The molecule has 4 aromatic heterocycles. The Kier molecular flexibility index (Phi) is 4.44. The zero-order valence-electron chi connectivity index (χ0n) is 16.9. The van der Waals surface area contributed by atoms with Gasteiger partial charge in [-0.3, -0.25) is 13.9 Å². The lowest BCUT2D eigenvalue weighted by Crippen LogP contribution is -2.28. The standard InChI is InChI=1S/C20H20ClN9O/c1-11(26-20(31)16-18(22)27-30-5-3-4-24-19(16)30)13-6-14(21)15-8-23-10-29(15)17(13)12-7-25-28(2)9-12/h3,5-11,24H,4H2,1-2H3,(H2,22,27)(H,26,31). The van der Waals surface area contributed by atoms with Crippen LogP contribution in [-0.4, -0.2) is 41.4 Å². The van der Waals surface area contributed by atoms with Crippen LogP contribution in [0.15, 0.2) is 37.1 Å². The number of anilines is 2. The molecule has 0 aromatic carbocycles. The number of amides is 1. The first-order chi connectivity index (χ1) is 14.9. The molecular weight excluding hydrogens is 418 g/mol. The number of nitrogens with two attached hydrogens (primary N) is 1. The molecule has 4 N–H and O–H groups in total. The average Bonchev–Trinajstić information content (AvgIpc) is 3.45. The molecule has 1 aliphatic rings. The van der Waals surface area contributed by atoms with Crippen LogP contribution in [0.3, 0.4) is 0 Å². The molecule has 158 valence electrons. The summed E-state index contributed by atoms with van der Waals surface area (Å²) in [6, 6.07) is 1.46. The van der Waals surface area contributed by atoms with Gasteiger partial charge in [-0.2, -0.15) is 5.10 Å². The number of nitrogens with one attached hydrogen (secondary N) is 2. The summed E-state index contributed by atoms with van der Waals surface area (Å²) in [5.74, 6) is 0.405. The molecule has 0 aliphatic carbocycles. The fourth-order valence-corrected chi connectivity index (χ4v) is 4.11. The van der Waals surface area contributed by atoms with Gasteiger partial charge in [0.15, 0.2) is 5.82 Å². The molecule has 0 fully saturated rings. The summed E-state index contributed by atoms with van der Waals surface area (Å²) in [4.78, 5) is 17.4. The number of nitrogen functional groups attached to an aromatic ring is 1. The largest absolute Gasteiger partial charge is 0.381 e. The number of fused-ring (bicyclic) bond motifs is 2. The molecule has 0 saturated carbocycles. The number of pyridine rings is 1. The van der Waals surface area contributed by atoms with Gasteiger partial charge in [-0.15, -0.1) is 5.10 Å². The van der Waals surface area contributed by atoms with Gasteiger partial charge in [0.1, 0.15) is 11.4 Å². The number of nitrogens with zero attached hydrogens (tertiary/aromatic N) is 6. The highest BCUT2D eigenvalue weighted by Crippen LogP contribution is 2.34. The first-order valence-electron chi connectivity index (χ1n) is 9.67. The van der Waals surface area contributed by atoms with Crippen LogP contribution in [0.2, 0.25) is 5.02 Å². The number of imidazole rings is 1. The van der Waals surface area contributed by atoms with E-state index in [4.69, 9.17) is 17.3 Å². The summed E-state index contributed by atoms with van der Waals surface area (Å²) in [5.41, 5.74) is 9.68. The van der Waals surface area contributed by atoms with Gasteiger partial charge >= 0.3 is 0 Å². The molecule has 4 aromatic rings. The Labute approximate surface area is 182 Å². The number of carbonyl (C=O) groups excluding carboxylic acids is 1. The van der Waals surface area contributed by atoms with E-state index in [1.807, 2.05) is 36.7 Å². The van der Waals surface area contributed by atoms with E-state index in [9.17, 15) is 4.79 Å². The van der Waals surface area contributed by atoms with Crippen molar-refractivity contribution in [1.29, 1.82) is 0 Å². The molecule has 0 radical (unpaired) electrons. The SMILES string of the molecule is CC(NC(=O)c1c(N)nn2c1NCC=C2)c1cc(Cl)c2cncn2c1-c1cnn(C)c1. The quantitative estimate of drug-likeness (QED) is 0.451. The summed E-state index contributed by atoms with van der Waals surface area (Å²) in [6.07, 6.45) is 10.7. The molecule has 10 nitrogen and oxygen atoms in total. The van der Waals surface area contributed by atoms with E-state index >= 15 is 0 Å². The third-order valence-corrected chi connectivity index (χ3v) is 5.57. The fraction of sp³-hybridized carbons (Fsp3) is 0.200. The summed E-state index contributed by atoms with van der Waals surface area (Å²) in [5, 5.41) is 15.2. The smallest absolute Gasteiger partial charge is 0.259 e. The van der Waals surface area contributed by atoms with E-state index in [0.29, 0.717) is 22.9 Å². The van der Waals surface area contributed by atoms with Crippen LogP contribution < -0.4 is 16.4 Å². The molecule has 1 amide bonds. The third kappa shape index (κ3) is 3.12. The predicted octanol–water partition coefficient (Wildman–Crippen LogP) is 2.55. The minimum atomic E-state index is -0.388. The van der Waals surface area contributed by atoms with Crippen molar-refractivity contribution < 1.29 is 4.79 Å². The molecule has 0 spiro atoms. The van der Waals surface area contributed by atoms with Gasteiger partial charge in [0.2, 0.25) is 0 Å². The molecular formula is C20H20ClN9O. The second-order valence-electron chi connectivity index (χ2n) is 7.36. The van der Waals surface area contributed by atoms with E-state index in [0.717, 1.165) is 22.3 Å². The van der Waals surface area contributed by atoms with E-state index in [1.165, 1.54) is 0 Å². The van der Waals surface area contributed by atoms with Crippen LogP contribution in [0.5, 0.6) is 0 Å². The van der Waals surface area contributed by atoms with E-state index in [1.54, 1.807) is 34.3 Å². The van der Waals surface area contributed by atoms with Crippen molar-refractivity contribution in [2.24, 2.45) is 7.05 Å². The van der Waals surface area contributed by atoms with E-state index in [-0.39, 0.29) is 17.8 Å². The van der Waals surface area contributed by atoms with Crippen LogP contribution in [0, 0.1) is 0 Å². The summed E-state index contributed by atoms with van der Waals surface area (Å²) in [6.45, 7) is 2.49. The molecule has 5 rings (SSSR count). The van der Waals surface area contributed by atoms with Crippen LogP contribution in [0.4, 0.5) is 11.6 Å². The highest BCUT2D eigenvalue weighted by atomic mass is 35.5. The third-order valence-electron chi connectivity index (χ3n) is 5.27. The second-order valence-corrected chi connectivity index (χ2v) is 7.77. The van der Waals surface area contributed by atoms with Crippen molar-refractivity contribution in [3.63, 3.8) is 0 Å². The van der Waals surface area contributed by atoms with Crippen LogP contribution in [0.1, 0.15) is 28.9 Å². The summed E-state index contributed by atoms with van der Waals surface area (Å²) < 4.78 is 5.19. The van der Waals surface area contributed by atoms with Gasteiger partial charge in [0, 0.05) is 37.1 Å².